The van der Waals surface area contributed by atoms with E-state index >= 15 is 0 Å². The van der Waals surface area contributed by atoms with Crippen molar-refractivity contribution in [2.75, 3.05) is 0 Å². The summed E-state index contributed by atoms with van der Waals surface area (Å²) in [6, 6.07) is 8.84. The zero-order chi connectivity index (χ0) is 17.3. The van der Waals surface area contributed by atoms with Gasteiger partial charge in [0.2, 0.25) is 0 Å². The number of benzene rings is 1. The molecule has 1 fully saturated rings. The van der Waals surface area contributed by atoms with Gasteiger partial charge in [-0.2, -0.15) is 0 Å². The SMILES string of the molecule is CC(c1ccc(Cl)cc1)N(C(=O)c1cncc(C(=O)O)c1)C1CC1. The Morgan fingerprint density at radius 2 is 1.83 bits per heavy atom. The highest BCUT2D eigenvalue weighted by molar-refractivity contribution is 6.30. The summed E-state index contributed by atoms with van der Waals surface area (Å²) in [4.78, 5) is 29.7. The molecule has 1 aliphatic carbocycles. The van der Waals surface area contributed by atoms with Crippen LogP contribution in [0.25, 0.3) is 0 Å². The summed E-state index contributed by atoms with van der Waals surface area (Å²) in [6.07, 6.45) is 4.56. The fourth-order valence-corrected chi connectivity index (χ4v) is 2.86. The second-order valence-corrected chi connectivity index (χ2v) is 6.38. The minimum absolute atomic E-state index is 0.00995. The van der Waals surface area contributed by atoms with Crippen molar-refractivity contribution in [3.05, 3.63) is 64.4 Å². The molecule has 1 aromatic carbocycles. The lowest BCUT2D eigenvalue weighted by Gasteiger charge is -2.30. The predicted molar refractivity (Wildman–Crippen MR) is 90.3 cm³/mol. The number of amides is 1. The van der Waals surface area contributed by atoms with Crippen LogP contribution in [0.1, 0.15) is 52.1 Å². The minimum Gasteiger partial charge on any atom is -0.478 e. The van der Waals surface area contributed by atoms with Crippen molar-refractivity contribution in [3.63, 3.8) is 0 Å². The van der Waals surface area contributed by atoms with Gasteiger partial charge >= 0.3 is 5.97 Å². The molecular formula is C18H17ClN2O3. The van der Waals surface area contributed by atoms with Gasteiger partial charge < -0.3 is 10.0 Å². The summed E-state index contributed by atoms with van der Waals surface area (Å²) >= 11 is 5.93. The number of pyridine rings is 1. The molecule has 5 nitrogen and oxygen atoms in total. The number of nitrogens with zero attached hydrogens (tertiary/aromatic N) is 2. The van der Waals surface area contributed by atoms with E-state index in [0.717, 1.165) is 18.4 Å². The van der Waals surface area contributed by atoms with Gasteiger partial charge in [0.1, 0.15) is 0 Å². The first-order chi connectivity index (χ1) is 11.5. The first-order valence-electron chi connectivity index (χ1n) is 7.74. The number of hydrogen-bond acceptors (Lipinski definition) is 3. The molecule has 1 unspecified atom stereocenters. The zero-order valence-electron chi connectivity index (χ0n) is 13.1. The van der Waals surface area contributed by atoms with Crippen molar-refractivity contribution >= 4 is 23.5 Å². The van der Waals surface area contributed by atoms with Crippen LogP contribution in [0.5, 0.6) is 0 Å². The highest BCUT2D eigenvalue weighted by Gasteiger charge is 2.37. The van der Waals surface area contributed by atoms with E-state index in [9.17, 15) is 9.59 Å². The van der Waals surface area contributed by atoms with Crippen LogP contribution in [0.15, 0.2) is 42.7 Å². The van der Waals surface area contributed by atoms with Gasteiger partial charge in [-0.15, -0.1) is 0 Å². The summed E-state index contributed by atoms with van der Waals surface area (Å²) in [6.45, 7) is 1.97. The highest BCUT2D eigenvalue weighted by atomic mass is 35.5. The van der Waals surface area contributed by atoms with Crippen LogP contribution in [0.4, 0.5) is 0 Å². The monoisotopic (exact) mass is 344 g/mol. The molecule has 1 N–H and O–H groups in total. The molecule has 0 spiro atoms. The Morgan fingerprint density at radius 3 is 2.42 bits per heavy atom. The minimum atomic E-state index is -1.10. The number of rotatable bonds is 5. The lowest BCUT2D eigenvalue weighted by molar-refractivity contribution is 0.0673. The van der Waals surface area contributed by atoms with Crippen molar-refractivity contribution < 1.29 is 14.7 Å². The third-order valence-electron chi connectivity index (χ3n) is 4.18. The van der Waals surface area contributed by atoms with Gasteiger partial charge in [-0.05, 0) is 43.5 Å². The maximum atomic E-state index is 12.9. The van der Waals surface area contributed by atoms with Gasteiger partial charge in [-0.1, -0.05) is 23.7 Å². The van der Waals surface area contributed by atoms with Crippen LogP contribution >= 0.6 is 11.6 Å². The molecular weight excluding hydrogens is 328 g/mol. The van der Waals surface area contributed by atoms with Crippen molar-refractivity contribution in [2.24, 2.45) is 0 Å². The Hall–Kier alpha value is -2.40. The largest absolute Gasteiger partial charge is 0.478 e. The maximum absolute atomic E-state index is 12.9. The van der Waals surface area contributed by atoms with E-state index in [1.807, 2.05) is 24.0 Å². The molecule has 1 aromatic heterocycles. The van der Waals surface area contributed by atoms with Crippen LogP contribution in [0.3, 0.4) is 0 Å². The summed E-state index contributed by atoms with van der Waals surface area (Å²) in [5.74, 6) is -1.29. The summed E-state index contributed by atoms with van der Waals surface area (Å²) in [5, 5.41) is 9.73. The second-order valence-electron chi connectivity index (χ2n) is 5.94. The maximum Gasteiger partial charge on any atom is 0.337 e. The molecule has 1 aliphatic rings. The number of carbonyl (C=O) groups excluding carboxylic acids is 1. The molecule has 0 aliphatic heterocycles. The van der Waals surface area contributed by atoms with Crippen LogP contribution in [0, 0.1) is 0 Å². The standard InChI is InChI=1S/C18H17ClN2O3/c1-11(12-2-4-15(19)5-3-12)21(16-6-7-16)17(22)13-8-14(18(23)24)10-20-9-13/h2-5,8-11,16H,6-7H2,1H3,(H,23,24). The number of halogens is 1. The molecule has 3 rings (SSSR count). The Balaban J connectivity index is 1.90. The summed E-state index contributed by atoms with van der Waals surface area (Å²) in [7, 11) is 0. The fourth-order valence-electron chi connectivity index (χ4n) is 2.74. The molecule has 1 saturated carbocycles. The molecule has 2 aromatic rings. The molecule has 24 heavy (non-hydrogen) atoms. The van der Waals surface area contributed by atoms with Gasteiger partial charge in [0.15, 0.2) is 0 Å². The van der Waals surface area contributed by atoms with E-state index in [0.29, 0.717) is 10.6 Å². The van der Waals surface area contributed by atoms with Crippen molar-refractivity contribution in [1.29, 1.82) is 0 Å². The van der Waals surface area contributed by atoms with E-state index in [1.165, 1.54) is 18.5 Å². The van der Waals surface area contributed by atoms with Gasteiger partial charge in [0.25, 0.3) is 5.91 Å². The lowest BCUT2D eigenvalue weighted by atomic mass is 10.1. The van der Waals surface area contributed by atoms with Gasteiger partial charge in [-0.3, -0.25) is 9.78 Å². The fraction of sp³-hybridized carbons (Fsp3) is 0.278. The molecule has 124 valence electrons. The van der Waals surface area contributed by atoms with Gasteiger partial charge in [0, 0.05) is 23.5 Å². The Labute approximate surface area is 144 Å². The summed E-state index contributed by atoms with van der Waals surface area (Å²) in [5.41, 5.74) is 1.29. The number of aromatic nitrogens is 1. The molecule has 1 heterocycles. The van der Waals surface area contributed by atoms with E-state index in [-0.39, 0.29) is 23.6 Å². The van der Waals surface area contributed by atoms with E-state index in [2.05, 4.69) is 4.98 Å². The predicted octanol–water partition coefficient (Wildman–Crippen LogP) is 3.80. The van der Waals surface area contributed by atoms with Gasteiger partial charge in [-0.25, -0.2) is 4.79 Å². The van der Waals surface area contributed by atoms with Crippen molar-refractivity contribution in [3.8, 4) is 0 Å². The summed E-state index contributed by atoms with van der Waals surface area (Å²) < 4.78 is 0. The number of aromatic carboxylic acids is 1. The van der Waals surface area contributed by atoms with Crippen LogP contribution in [-0.2, 0) is 0 Å². The highest BCUT2D eigenvalue weighted by Crippen LogP contribution is 2.35. The number of carboxylic acid groups (broad SMARTS) is 1. The van der Waals surface area contributed by atoms with E-state index in [1.54, 1.807) is 12.1 Å². The lowest BCUT2D eigenvalue weighted by Crippen LogP contribution is -2.35. The normalized spacial score (nSPS) is 14.9. The quantitative estimate of drug-likeness (QED) is 0.895. The molecule has 6 heteroatoms. The zero-order valence-corrected chi connectivity index (χ0v) is 13.9. The van der Waals surface area contributed by atoms with Gasteiger partial charge in [0.05, 0.1) is 17.2 Å². The third kappa shape index (κ3) is 3.41. The first kappa shape index (κ1) is 16.5. The Kier molecular flexibility index (Phi) is 4.53. The third-order valence-corrected chi connectivity index (χ3v) is 4.43. The Morgan fingerprint density at radius 1 is 1.21 bits per heavy atom. The van der Waals surface area contributed by atoms with Crippen LogP contribution in [-0.4, -0.2) is 32.9 Å². The number of carbonyl (C=O) groups is 2. The van der Waals surface area contributed by atoms with Crippen LogP contribution in [0.2, 0.25) is 5.02 Å². The number of hydrogen-bond donors (Lipinski definition) is 1. The topological polar surface area (TPSA) is 70.5 Å². The molecule has 1 atom stereocenters. The van der Waals surface area contributed by atoms with Crippen LogP contribution < -0.4 is 0 Å². The van der Waals surface area contributed by atoms with E-state index < -0.39 is 5.97 Å². The Bertz CT molecular complexity index is 772. The van der Waals surface area contributed by atoms with Crippen molar-refractivity contribution in [1.82, 2.24) is 9.88 Å². The smallest absolute Gasteiger partial charge is 0.337 e. The molecule has 0 radical (unpaired) electrons. The first-order valence-corrected chi connectivity index (χ1v) is 8.11. The van der Waals surface area contributed by atoms with Crippen molar-refractivity contribution in [2.45, 2.75) is 31.8 Å². The molecule has 0 saturated heterocycles. The molecule has 1 amide bonds. The average Bonchev–Trinajstić information content (AvgIpc) is 3.40. The molecule has 0 bridgehead atoms. The average molecular weight is 345 g/mol. The second kappa shape index (κ2) is 6.61. The number of carboxylic acids is 1. The van der Waals surface area contributed by atoms with E-state index in [4.69, 9.17) is 16.7 Å².